The molecule has 0 fully saturated rings. The minimum Gasteiger partial charge on any atom is -0.467 e. The zero-order valence-electron chi connectivity index (χ0n) is 12.5. The van der Waals surface area contributed by atoms with E-state index in [1.54, 1.807) is 0 Å². The van der Waals surface area contributed by atoms with Crippen LogP contribution in [-0.4, -0.2) is 11.0 Å². The van der Waals surface area contributed by atoms with Gasteiger partial charge in [0, 0.05) is 16.0 Å². The van der Waals surface area contributed by atoms with Gasteiger partial charge in [-0.1, -0.05) is 12.1 Å². The van der Waals surface area contributed by atoms with E-state index in [2.05, 4.69) is 0 Å². The molecule has 2 aromatic carbocycles. The molecule has 116 valence electrons. The van der Waals surface area contributed by atoms with E-state index in [9.17, 15) is 8.60 Å². The Hall–Kier alpha value is -1.72. The summed E-state index contributed by atoms with van der Waals surface area (Å²) in [6, 6.07) is 8.65. The van der Waals surface area contributed by atoms with Gasteiger partial charge in [-0.2, -0.15) is 0 Å². The van der Waals surface area contributed by atoms with Crippen LogP contribution in [0, 0.1) is 19.7 Å². The smallest absolute Gasteiger partial charge is 0.189 e. The van der Waals surface area contributed by atoms with Gasteiger partial charge in [0.1, 0.15) is 11.6 Å². The van der Waals surface area contributed by atoms with Crippen LogP contribution in [-0.2, 0) is 27.9 Å². The zero-order chi connectivity index (χ0) is 15.7. The maximum Gasteiger partial charge on any atom is 0.189 e. The molecular weight excluding hydrogens is 303 g/mol. The van der Waals surface area contributed by atoms with Crippen LogP contribution < -0.4 is 4.74 Å². The Morgan fingerprint density at radius 2 is 2.05 bits per heavy atom. The van der Waals surface area contributed by atoms with Crippen molar-refractivity contribution < 1.29 is 18.1 Å². The molecule has 3 rings (SSSR count). The van der Waals surface area contributed by atoms with Crippen molar-refractivity contribution in [1.29, 1.82) is 0 Å². The summed E-state index contributed by atoms with van der Waals surface area (Å²) < 4.78 is 37.1. The van der Waals surface area contributed by atoms with Crippen LogP contribution in [0.2, 0.25) is 0 Å². The van der Waals surface area contributed by atoms with E-state index in [0.717, 1.165) is 16.0 Å². The van der Waals surface area contributed by atoms with Gasteiger partial charge >= 0.3 is 0 Å². The third-order valence-electron chi connectivity index (χ3n) is 3.63. The van der Waals surface area contributed by atoms with Crippen molar-refractivity contribution in [3.63, 3.8) is 0 Å². The minimum absolute atomic E-state index is 0.141. The predicted molar refractivity (Wildman–Crippen MR) is 82.7 cm³/mol. The molecule has 1 heterocycles. The standard InChI is InChI=1S/C17H17FO3S/c1-11-3-4-12(2)16(5-11)22(19)9-14-7-15(18)6-13-8-20-10-21-17(13)14/h3-7H,8-10H2,1-2H3/t22-/m0/s1. The van der Waals surface area contributed by atoms with Gasteiger partial charge in [-0.3, -0.25) is 4.21 Å². The van der Waals surface area contributed by atoms with Crippen LogP contribution in [0.15, 0.2) is 35.2 Å². The van der Waals surface area contributed by atoms with Gasteiger partial charge in [-0.15, -0.1) is 0 Å². The summed E-state index contributed by atoms with van der Waals surface area (Å²) in [6.07, 6.45) is 0. The highest BCUT2D eigenvalue weighted by Crippen LogP contribution is 2.31. The van der Waals surface area contributed by atoms with Gasteiger partial charge in [-0.25, -0.2) is 4.39 Å². The Bertz CT molecular complexity index is 743. The Kier molecular flexibility index (Phi) is 4.27. The first-order chi connectivity index (χ1) is 10.5. The predicted octanol–water partition coefficient (Wildman–Crippen LogP) is 3.62. The van der Waals surface area contributed by atoms with Crippen molar-refractivity contribution in [1.82, 2.24) is 0 Å². The van der Waals surface area contributed by atoms with Crippen LogP contribution in [0.25, 0.3) is 0 Å². The van der Waals surface area contributed by atoms with E-state index in [4.69, 9.17) is 9.47 Å². The van der Waals surface area contributed by atoms with Gasteiger partial charge in [0.15, 0.2) is 6.79 Å². The van der Waals surface area contributed by atoms with Crippen molar-refractivity contribution in [2.24, 2.45) is 0 Å². The SMILES string of the molecule is Cc1ccc(C)c([S@@](=O)Cc2cc(F)cc3c2OCOC3)c1. The molecule has 0 unspecified atom stereocenters. The quantitative estimate of drug-likeness (QED) is 0.866. The molecule has 0 spiro atoms. The molecule has 3 nitrogen and oxygen atoms in total. The number of rotatable bonds is 3. The van der Waals surface area contributed by atoms with Crippen molar-refractivity contribution in [3.05, 3.63) is 58.4 Å². The molecule has 1 atom stereocenters. The average Bonchev–Trinajstić information content (AvgIpc) is 2.49. The summed E-state index contributed by atoms with van der Waals surface area (Å²) in [7, 11) is -1.25. The highest BCUT2D eigenvalue weighted by Gasteiger charge is 2.19. The lowest BCUT2D eigenvalue weighted by Gasteiger charge is -2.21. The molecular formula is C17H17FO3S. The molecule has 0 saturated carbocycles. The Labute approximate surface area is 131 Å². The molecule has 0 amide bonds. The second-order valence-electron chi connectivity index (χ2n) is 5.42. The third kappa shape index (κ3) is 3.05. The molecule has 0 radical (unpaired) electrons. The first-order valence-electron chi connectivity index (χ1n) is 7.02. The van der Waals surface area contributed by atoms with Crippen molar-refractivity contribution in [3.8, 4) is 5.75 Å². The summed E-state index contributed by atoms with van der Waals surface area (Å²) in [5.74, 6) is 0.469. The highest BCUT2D eigenvalue weighted by atomic mass is 32.2. The topological polar surface area (TPSA) is 35.5 Å². The lowest BCUT2D eigenvalue weighted by molar-refractivity contribution is -0.0171. The number of hydrogen-bond acceptors (Lipinski definition) is 3. The third-order valence-corrected chi connectivity index (χ3v) is 5.13. The van der Waals surface area contributed by atoms with Crippen LogP contribution >= 0.6 is 0 Å². The fourth-order valence-electron chi connectivity index (χ4n) is 2.54. The molecule has 0 saturated heterocycles. The molecule has 0 aromatic heterocycles. The number of hydrogen-bond donors (Lipinski definition) is 0. The summed E-state index contributed by atoms with van der Waals surface area (Å²) in [6.45, 7) is 4.35. The zero-order valence-corrected chi connectivity index (χ0v) is 13.3. The lowest BCUT2D eigenvalue weighted by Crippen LogP contribution is -2.14. The van der Waals surface area contributed by atoms with E-state index >= 15 is 0 Å². The second kappa shape index (κ2) is 6.18. The van der Waals surface area contributed by atoms with E-state index in [-0.39, 0.29) is 18.4 Å². The lowest BCUT2D eigenvalue weighted by atomic mass is 10.1. The molecule has 2 aromatic rings. The van der Waals surface area contributed by atoms with Gasteiger partial charge in [0.05, 0.1) is 23.2 Å². The molecule has 1 aliphatic rings. The molecule has 0 bridgehead atoms. The van der Waals surface area contributed by atoms with Crippen LogP contribution in [0.1, 0.15) is 22.3 Å². The van der Waals surface area contributed by atoms with Crippen molar-refractivity contribution >= 4 is 10.8 Å². The highest BCUT2D eigenvalue weighted by molar-refractivity contribution is 7.84. The maximum absolute atomic E-state index is 13.7. The van der Waals surface area contributed by atoms with Crippen LogP contribution in [0.4, 0.5) is 4.39 Å². The normalized spacial score (nSPS) is 15.0. The van der Waals surface area contributed by atoms with Gasteiger partial charge < -0.3 is 9.47 Å². The van der Waals surface area contributed by atoms with E-state index in [0.29, 0.717) is 23.5 Å². The van der Waals surface area contributed by atoms with Gasteiger partial charge in [0.25, 0.3) is 0 Å². The number of halogens is 1. The van der Waals surface area contributed by atoms with Gasteiger partial charge in [-0.05, 0) is 43.2 Å². The fraction of sp³-hybridized carbons (Fsp3) is 0.294. The largest absolute Gasteiger partial charge is 0.467 e. The summed E-state index contributed by atoms with van der Waals surface area (Å²) in [4.78, 5) is 0.782. The fourth-order valence-corrected chi connectivity index (χ4v) is 3.93. The first kappa shape index (κ1) is 15.2. The molecule has 0 N–H and O–H groups in total. The Morgan fingerprint density at radius 3 is 2.86 bits per heavy atom. The van der Waals surface area contributed by atoms with E-state index in [1.807, 2.05) is 32.0 Å². The first-order valence-corrected chi connectivity index (χ1v) is 8.34. The number of benzene rings is 2. The van der Waals surface area contributed by atoms with E-state index in [1.165, 1.54) is 12.1 Å². The Balaban J connectivity index is 1.94. The minimum atomic E-state index is -1.25. The maximum atomic E-state index is 13.7. The van der Waals surface area contributed by atoms with Crippen molar-refractivity contribution in [2.45, 2.75) is 31.1 Å². The average molecular weight is 320 g/mol. The molecule has 22 heavy (non-hydrogen) atoms. The monoisotopic (exact) mass is 320 g/mol. The molecule has 5 heteroatoms. The summed E-state index contributed by atoms with van der Waals surface area (Å²) >= 11 is 0. The number of ether oxygens (including phenoxy) is 2. The van der Waals surface area contributed by atoms with Crippen LogP contribution in [0.3, 0.4) is 0 Å². The van der Waals surface area contributed by atoms with E-state index < -0.39 is 10.8 Å². The summed E-state index contributed by atoms with van der Waals surface area (Å²) in [5, 5.41) is 0. The van der Waals surface area contributed by atoms with Crippen molar-refractivity contribution in [2.75, 3.05) is 6.79 Å². The summed E-state index contributed by atoms with van der Waals surface area (Å²) in [5.41, 5.74) is 3.31. The second-order valence-corrected chi connectivity index (χ2v) is 6.84. The number of aryl methyl sites for hydroxylation is 2. The number of fused-ring (bicyclic) bond motifs is 1. The Morgan fingerprint density at radius 1 is 1.23 bits per heavy atom. The van der Waals surface area contributed by atoms with Gasteiger partial charge in [0.2, 0.25) is 0 Å². The van der Waals surface area contributed by atoms with Crippen LogP contribution in [0.5, 0.6) is 5.75 Å². The molecule has 0 aliphatic carbocycles. The molecule has 1 aliphatic heterocycles.